The van der Waals surface area contributed by atoms with E-state index in [1.54, 1.807) is 30.3 Å². The summed E-state index contributed by atoms with van der Waals surface area (Å²) < 4.78 is 38.8. The SMILES string of the molecule is CCCC[NH+]=C(Nc1ccc(Cl)cc1)c1cccc(C(F)(F)F)c1. The summed E-state index contributed by atoms with van der Waals surface area (Å²) in [6, 6.07) is 12.2. The van der Waals surface area contributed by atoms with E-state index in [2.05, 4.69) is 17.2 Å². The third-order valence-corrected chi connectivity index (χ3v) is 3.68. The van der Waals surface area contributed by atoms with Gasteiger partial charge in [-0.05, 0) is 48.9 Å². The van der Waals surface area contributed by atoms with Crippen LogP contribution in [-0.2, 0) is 6.18 Å². The number of alkyl halides is 3. The summed E-state index contributed by atoms with van der Waals surface area (Å²) in [7, 11) is 0. The maximum absolute atomic E-state index is 12.9. The highest BCUT2D eigenvalue weighted by Gasteiger charge is 2.31. The third-order valence-electron chi connectivity index (χ3n) is 3.42. The average molecular weight is 356 g/mol. The average Bonchev–Trinajstić information content (AvgIpc) is 2.55. The van der Waals surface area contributed by atoms with Gasteiger partial charge in [0.2, 0.25) is 0 Å². The number of amidine groups is 1. The van der Waals surface area contributed by atoms with Crippen LogP contribution in [0, 0.1) is 0 Å². The molecule has 24 heavy (non-hydrogen) atoms. The summed E-state index contributed by atoms with van der Waals surface area (Å²) in [5.41, 5.74) is 0.527. The maximum Gasteiger partial charge on any atom is 0.416 e. The molecule has 128 valence electrons. The molecule has 2 aromatic carbocycles. The monoisotopic (exact) mass is 355 g/mol. The van der Waals surface area contributed by atoms with E-state index in [-0.39, 0.29) is 0 Å². The van der Waals surface area contributed by atoms with Gasteiger partial charge in [0.15, 0.2) is 0 Å². The molecule has 0 atom stereocenters. The van der Waals surface area contributed by atoms with Crippen LogP contribution < -0.4 is 10.3 Å². The number of hydrogen-bond acceptors (Lipinski definition) is 0. The summed E-state index contributed by atoms with van der Waals surface area (Å²) in [6.07, 6.45) is -2.46. The minimum Gasteiger partial charge on any atom is -0.274 e. The molecule has 0 aromatic heterocycles. The van der Waals surface area contributed by atoms with Crippen molar-refractivity contribution in [3.05, 3.63) is 64.7 Å². The Morgan fingerprint density at radius 2 is 1.83 bits per heavy atom. The standard InChI is InChI=1S/C18H18ClF3N2/c1-2-3-11-23-17(24-16-9-7-15(19)8-10-16)13-5-4-6-14(12-13)18(20,21)22/h4-10,12H,2-3,11H2,1H3,(H,23,24)/p+1. The van der Waals surface area contributed by atoms with E-state index in [9.17, 15) is 13.2 Å². The predicted octanol–water partition coefficient (Wildman–Crippen LogP) is 4.10. The van der Waals surface area contributed by atoms with Gasteiger partial charge in [0.05, 0.1) is 17.7 Å². The predicted molar refractivity (Wildman–Crippen MR) is 91.4 cm³/mol. The first-order valence-electron chi connectivity index (χ1n) is 7.71. The number of nitrogens with one attached hydrogen (secondary N) is 2. The molecule has 2 N–H and O–H groups in total. The van der Waals surface area contributed by atoms with Gasteiger partial charge in [0.25, 0.3) is 5.84 Å². The Kier molecular flexibility index (Phi) is 6.26. The number of anilines is 1. The lowest BCUT2D eigenvalue weighted by molar-refractivity contribution is -0.457. The Hall–Kier alpha value is -2.01. The highest BCUT2D eigenvalue weighted by atomic mass is 35.5. The van der Waals surface area contributed by atoms with E-state index in [1.807, 2.05) is 0 Å². The largest absolute Gasteiger partial charge is 0.416 e. The summed E-state index contributed by atoms with van der Waals surface area (Å²) in [5.74, 6) is 0.539. The molecule has 0 unspecified atom stereocenters. The molecular weight excluding hydrogens is 337 g/mol. The number of halogens is 4. The van der Waals surface area contributed by atoms with Gasteiger partial charge in [0, 0.05) is 5.02 Å². The molecule has 0 heterocycles. The highest BCUT2D eigenvalue weighted by Crippen LogP contribution is 2.29. The zero-order valence-electron chi connectivity index (χ0n) is 13.3. The van der Waals surface area contributed by atoms with Gasteiger partial charge >= 0.3 is 6.18 Å². The van der Waals surface area contributed by atoms with Gasteiger partial charge in [-0.15, -0.1) is 0 Å². The molecule has 0 spiro atoms. The van der Waals surface area contributed by atoms with Crippen molar-refractivity contribution >= 4 is 23.1 Å². The van der Waals surface area contributed by atoms with Crippen LogP contribution in [-0.4, -0.2) is 12.4 Å². The highest BCUT2D eigenvalue weighted by molar-refractivity contribution is 6.30. The Balaban J connectivity index is 2.32. The van der Waals surface area contributed by atoms with Crippen molar-refractivity contribution in [3.63, 3.8) is 0 Å². The van der Waals surface area contributed by atoms with Crippen LogP contribution in [0.3, 0.4) is 0 Å². The third kappa shape index (κ3) is 5.27. The van der Waals surface area contributed by atoms with Crippen LogP contribution >= 0.6 is 11.6 Å². The summed E-state index contributed by atoms with van der Waals surface area (Å²) in [5, 5.41) is 3.74. The molecule has 6 heteroatoms. The molecule has 0 saturated heterocycles. The second-order valence-corrected chi connectivity index (χ2v) is 5.80. The van der Waals surface area contributed by atoms with Crippen molar-refractivity contribution in [3.8, 4) is 0 Å². The van der Waals surface area contributed by atoms with Crippen molar-refractivity contribution in [1.29, 1.82) is 0 Å². The van der Waals surface area contributed by atoms with Crippen molar-refractivity contribution in [1.82, 2.24) is 0 Å². The van der Waals surface area contributed by atoms with E-state index in [0.717, 1.165) is 30.7 Å². The lowest BCUT2D eigenvalue weighted by Crippen LogP contribution is -2.75. The van der Waals surface area contributed by atoms with E-state index < -0.39 is 11.7 Å². The lowest BCUT2D eigenvalue weighted by Gasteiger charge is -2.09. The first kappa shape index (κ1) is 18.3. The molecule has 0 bridgehead atoms. The normalized spacial score (nSPS) is 12.3. The van der Waals surface area contributed by atoms with Crippen LogP contribution in [0.25, 0.3) is 0 Å². The molecular formula is C18H19ClF3N2+. The van der Waals surface area contributed by atoms with E-state index in [1.165, 1.54) is 6.07 Å². The molecule has 0 radical (unpaired) electrons. The van der Waals surface area contributed by atoms with E-state index >= 15 is 0 Å². The van der Waals surface area contributed by atoms with Gasteiger partial charge in [-0.1, -0.05) is 31.0 Å². The number of benzene rings is 2. The van der Waals surface area contributed by atoms with Crippen LogP contribution in [0.1, 0.15) is 30.9 Å². The maximum atomic E-state index is 12.9. The Bertz CT molecular complexity index is 694. The van der Waals surface area contributed by atoms with E-state index in [0.29, 0.717) is 23.0 Å². The number of hydrogen-bond donors (Lipinski definition) is 2. The number of unbranched alkanes of at least 4 members (excludes halogenated alkanes) is 1. The molecule has 0 fully saturated rings. The molecule has 2 rings (SSSR count). The topological polar surface area (TPSA) is 26.0 Å². The van der Waals surface area contributed by atoms with Crippen molar-refractivity contribution in [2.24, 2.45) is 0 Å². The smallest absolute Gasteiger partial charge is 0.274 e. The second kappa shape index (κ2) is 8.20. The molecule has 2 aromatic rings. The molecule has 0 aliphatic heterocycles. The minimum absolute atomic E-state index is 0.455. The fourth-order valence-corrected chi connectivity index (χ4v) is 2.26. The summed E-state index contributed by atoms with van der Waals surface area (Å²) in [4.78, 5) is 3.18. The molecule has 0 saturated carbocycles. The van der Waals surface area contributed by atoms with Crippen molar-refractivity contribution in [2.75, 3.05) is 11.9 Å². The lowest BCUT2D eigenvalue weighted by atomic mass is 10.1. The summed E-state index contributed by atoms with van der Waals surface area (Å²) in [6.45, 7) is 2.72. The van der Waals surface area contributed by atoms with Gasteiger partial charge in [-0.2, -0.15) is 13.2 Å². The Morgan fingerprint density at radius 1 is 1.12 bits per heavy atom. The molecule has 0 aliphatic rings. The fourth-order valence-electron chi connectivity index (χ4n) is 2.14. The van der Waals surface area contributed by atoms with Gasteiger partial charge < -0.3 is 0 Å². The summed E-state index contributed by atoms with van der Waals surface area (Å²) >= 11 is 5.86. The fraction of sp³-hybridized carbons (Fsp3) is 0.278. The minimum atomic E-state index is -4.37. The van der Waals surface area contributed by atoms with Crippen molar-refractivity contribution in [2.45, 2.75) is 25.9 Å². The molecule has 0 aliphatic carbocycles. The van der Waals surface area contributed by atoms with Gasteiger partial charge in [-0.3, -0.25) is 4.99 Å². The number of rotatable bonds is 5. The first-order chi connectivity index (χ1) is 11.4. The van der Waals surface area contributed by atoms with Crippen LogP contribution in [0.4, 0.5) is 18.9 Å². The Morgan fingerprint density at radius 3 is 2.46 bits per heavy atom. The first-order valence-corrected chi connectivity index (χ1v) is 8.09. The quantitative estimate of drug-likeness (QED) is 0.471. The Labute approximate surface area is 144 Å². The zero-order valence-corrected chi connectivity index (χ0v) is 14.0. The van der Waals surface area contributed by atoms with Crippen LogP contribution in [0.2, 0.25) is 5.02 Å². The van der Waals surface area contributed by atoms with Gasteiger partial charge in [0.1, 0.15) is 5.69 Å². The van der Waals surface area contributed by atoms with Gasteiger partial charge in [-0.25, -0.2) is 5.32 Å². The van der Waals surface area contributed by atoms with Crippen molar-refractivity contribution < 1.29 is 18.2 Å². The van der Waals surface area contributed by atoms with Crippen LogP contribution in [0.5, 0.6) is 0 Å². The second-order valence-electron chi connectivity index (χ2n) is 5.37. The van der Waals surface area contributed by atoms with E-state index in [4.69, 9.17) is 11.6 Å². The molecule has 2 nitrogen and oxygen atoms in total. The molecule has 0 amide bonds. The zero-order chi connectivity index (χ0) is 17.6. The van der Waals surface area contributed by atoms with Crippen LogP contribution in [0.15, 0.2) is 48.5 Å².